The summed E-state index contributed by atoms with van der Waals surface area (Å²) in [5, 5.41) is 11.5. The third kappa shape index (κ3) is 10.4. The number of hydrogen-bond donors (Lipinski definition) is 1. The zero-order valence-electron chi connectivity index (χ0n) is 18.8. The van der Waals surface area contributed by atoms with Crippen molar-refractivity contribution in [3.8, 4) is 17.2 Å². The molecule has 0 fully saturated rings. The van der Waals surface area contributed by atoms with E-state index >= 15 is 0 Å². The van der Waals surface area contributed by atoms with E-state index < -0.39 is 20.8 Å². The molecule has 166 valence electrons. The van der Waals surface area contributed by atoms with Crippen LogP contribution >= 0.6 is 0 Å². The molecule has 0 saturated carbocycles. The van der Waals surface area contributed by atoms with Crippen molar-refractivity contribution in [2.24, 2.45) is 0 Å². The monoisotopic (exact) mass is 456 g/mol. The molecule has 0 aliphatic heterocycles. The summed E-state index contributed by atoms with van der Waals surface area (Å²) in [5.41, 5.74) is 0.976. The average molecular weight is 457 g/mol. The van der Waals surface area contributed by atoms with Gasteiger partial charge in [-0.25, -0.2) is 0 Å². The van der Waals surface area contributed by atoms with Crippen molar-refractivity contribution in [3.05, 3.63) is 48.0 Å². The predicted octanol–water partition coefficient (Wildman–Crippen LogP) is 3.27. The van der Waals surface area contributed by atoms with Crippen molar-refractivity contribution in [1.82, 2.24) is 0 Å². The van der Waals surface area contributed by atoms with Gasteiger partial charge in [-0.3, -0.25) is 4.55 Å². The second kappa shape index (κ2) is 14.9. The molecular formula is C24H33NaO5S. The molecule has 7 heteroatoms. The zero-order chi connectivity index (χ0) is 21.8. The summed E-state index contributed by atoms with van der Waals surface area (Å²) in [6.45, 7) is 2.23. The summed E-state index contributed by atoms with van der Waals surface area (Å²) in [6.07, 6.45) is 13.4. The summed E-state index contributed by atoms with van der Waals surface area (Å²) >= 11 is 0. The van der Waals surface area contributed by atoms with Crippen LogP contribution in [-0.2, 0) is 16.5 Å². The van der Waals surface area contributed by atoms with E-state index in [0.717, 1.165) is 30.9 Å². The Hall–Kier alpha value is -1.05. The van der Waals surface area contributed by atoms with Crippen molar-refractivity contribution < 1.29 is 52.4 Å². The smallest absolute Gasteiger partial charge is 0.872 e. The van der Waals surface area contributed by atoms with Gasteiger partial charge < -0.3 is 9.84 Å². The van der Waals surface area contributed by atoms with Crippen LogP contribution in [0.15, 0.2) is 47.4 Å². The third-order valence-corrected chi connectivity index (χ3v) is 6.06. The molecule has 0 aliphatic rings. The van der Waals surface area contributed by atoms with Crippen LogP contribution in [0.1, 0.15) is 76.7 Å². The predicted molar refractivity (Wildman–Crippen MR) is 118 cm³/mol. The van der Waals surface area contributed by atoms with Crippen LogP contribution in [0.3, 0.4) is 0 Å². The largest absolute Gasteiger partial charge is 1.00 e. The maximum Gasteiger partial charge on any atom is 1.00 e. The normalized spacial score (nSPS) is 11.2. The van der Waals surface area contributed by atoms with Crippen LogP contribution in [-0.4, -0.2) is 13.0 Å². The van der Waals surface area contributed by atoms with Crippen LogP contribution in [0.5, 0.6) is 17.2 Å². The topological polar surface area (TPSA) is 86.7 Å². The van der Waals surface area contributed by atoms with Crippen molar-refractivity contribution in [2.45, 2.75) is 82.4 Å². The molecular weight excluding hydrogens is 423 g/mol. The Morgan fingerprint density at radius 1 is 0.839 bits per heavy atom. The number of benzene rings is 2. The van der Waals surface area contributed by atoms with Gasteiger partial charge in [0.15, 0.2) is 0 Å². The van der Waals surface area contributed by atoms with Gasteiger partial charge >= 0.3 is 29.6 Å². The van der Waals surface area contributed by atoms with Gasteiger partial charge in [0, 0.05) is 0 Å². The van der Waals surface area contributed by atoms with Crippen molar-refractivity contribution in [1.29, 1.82) is 0 Å². The van der Waals surface area contributed by atoms with E-state index in [4.69, 9.17) is 4.74 Å². The molecule has 0 aliphatic carbocycles. The van der Waals surface area contributed by atoms with E-state index in [1.807, 2.05) is 18.2 Å². The van der Waals surface area contributed by atoms with Crippen LogP contribution in [0, 0.1) is 0 Å². The first-order valence-corrected chi connectivity index (χ1v) is 12.4. The Morgan fingerprint density at radius 2 is 1.42 bits per heavy atom. The van der Waals surface area contributed by atoms with E-state index in [9.17, 15) is 18.1 Å². The second-order valence-electron chi connectivity index (χ2n) is 7.73. The molecule has 0 heterocycles. The Kier molecular flexibility index (Phi) is 13.5. The maximum absolute atomic E-state index is 11.6. The molecule has 1 N–H and O–H groups in total. The first kappa shape index (κ1) is 28.0. The summed E-state index contributed by atoms with van der Waals surface area (Å²) < 4.78 is 38.4. The van der Waals surface area contributed by atoms with Gasteiger partial charge in [-0.05, 0) is 36.6 Å². The fraction of sp³-hybridized carbons (Fsp3) is 0.500. The van der Waals surface area contributed by atoms with Gasteiger partial charge in [-0.2, -0.15) is 8.42 Å². The number of rotatable bonds is 14. The van der Waals surface area contributed by atoms with E-state index in [1.54, 1.807) is 6.07 Å². The van der Waals surface area contributed by atoms with Gasteiger partial charge in [0.25, 0.3) is 10.1 Å². The summed E-state index contributed by atoms with van der Waals surface area (Å²) in [7, 11) is -4.55. The number of para-hydroxylation sites is 1. The molecule has 2 rings (SSSR count). The minimum absolute atomic E-state index is 0. The standard InChI is InChI=1S/C24H34O5S.Na/c1-2-3-4-5-6-7-8-9-10-11-14-20-15-12-13-16-22(20)29-23-18-17-21(25)19-24(23)30(26,27)28;/h12-13,15-19,25H,2-11,14H2,1H3,(H,26,27,28);/q;+1/p-1. The number of ether oxygens (including phenoxy) is 1. The molecule has 2 aromatic carbocycles. The molecule has 0 bridgehead atoms. The quantitative estimate of drug-likeness (QED) is 0.268. The maximum atomic E-state index is 11.6. The molecule has 0 radical (unpaired) electrons. The summed E-state index contributed by atoms with van der Waals surface area (Å²) in [6, 6.07) is 10.8. The molecule has 0 atom stereocenters. The minimum Gasteiger partial charge on any atom is -0.872 e. The van der Waals surface area contributed by atoms with Crippen LogP contribution < -0.4 is 39.4 Å². The average Bonchev–Trinajstić information content (AvgIpc) is 2.71. The molecule has 0 spiro atoms. The van der Waals surface area contributed by atoms with Gasteiger partial charge in [0.2, 0.25) is 0 Å². The molecule has 5 nitrogen and oxygen atoms in total. The first-order chi connectivity index (χ1) is 14.4. The molecule has 2 aromatic rings. The fourth-order valence-corrected chi connectivity index (χ4v) is 4.13. The number of hydrogen-bond acceptors (Lipinski definition) is 4. The summed E-state index contributed by atoms with van der Waals surface area (Å²) in [4.78, 5) is -0.510. The SMILES string of the molecule is CCCCCCCCCCCCc1ccccc1Oc1ccc([O-])cc1S(=O)(=O)O.[Na+]. The minimum atomic E-state index is -4.55. The van der Waals surface area contributed by atoms with Crippen LogP contribution in [0.2, 0.25) is 0 Å². The van der Waals surface area contributed by atoms with Crippen LogP contribution in [0.4, 0.5) is 0 Å². The van der Waals surface area contributed by atoms with E-state index in [2.05, 4.69) is 6.92 Å². The first-order valence-electron chi connectivity index (χ1n) is 11.0. The molecule has 0 saturated heterocycles. The Bertz CT molecular complexity index is 883. The number of aryl methyl sites for hydroxylation is 1. The van der Waals surface area contributed by atoms with Gasteiger partial charge in [0.05, 0.1) is 0 Å². The number of unbranched alkanes of at least 4 members (excludes halogenated alkanes) is 9. The van der Waals surface area contributed by atoms with E-state index in [1.165, 1.54) is 63.5 Å². The van der Waals surface area contributed by atoms with Gasteiger partial charge in [0.1, 0.15) is 16.4 Å². The molecule has 31 heavy (non-hydrogen) atoms. The van der Waals surface area contributed by atoms with Gasteiger partial charge in [-0.1, -0.05) is 89.0 Å². The van der Waals surface area contributed by atoms with E-state index in [-0.39, 0.29) is 35.3 Å². The third-order valence-electron chi connectivity index (χ3n) is 5.19. The second-order valence-corrected chi connectivity index (χ2v) is 9.12. The Balaban J connectivity index is 0.00000480. The summed E-state index contributed by atoms with van der Waals surface area (Å²) in [5.74, 6) is -0.0155. The van der Waals surface area contributed by atoms with Crippen molar-refractivity contribution >= 4 is 10.1 Å². The van der Waals surface area contributed by atoms with Gasteiger partial charge in [-0.15, -0.1) is 5.75 Å². The molecule has 0 aromatic heterocycles. The molecule has 0 unspecified atom stereocenters. The Morgan fingerprint density at radius 3 is 2.03 bits per heavy atom. The Labute approximate surface area is 209 Å². The van der Waals surface area contributed by atoms with Crippen molar-refractivity contribution in [3.63, 3.8) is 0 Å². The van der Waals surface area contributed by atoms with Crippen LogP contribution in [0.25, 0.3) is 0 Å². The van der Waals surface area contributed by atoms with Crippen molar-refractivity contribution in [2.75, 3.05) is 0 Å². The molecule has 0 amide bonds. The fourth-order valence-electron chi connectivity index (χ4n) is 3.51. The van der Waals surface area contributed by atoms with E-state index in [0.29, 0.717) is 5.75 Å². The zero-order valence-corrected chi connectivity index (χ0v) is 21.6.